The van der Waals surface area contributed by atoms with Gasteiger partial charge in [0.2, 0.25) is 0 Å². The van der Waals surface area contributed by atoms with Crippen LogP contribution in [0.25, 0.3) is 0 Å². The summed E-state index contributed by atoms with van der Waals surface area (Å²) in [4.78, 5) is 11.3. The molecule has 0 aliphatic rings. The van der Waals surface area contributed by atoms with E-state index in [-0.39, 0.29) is 11.3 Å². The minimum Gasteiger partial charge on any atom is -0.497 e. The number of benzene rings is 2. The molecule has 7 heteroatoms. The maximum Gasteiger partial charge on any atom is 0.332 e. The number of ether oxygens (including phenoxy) is 1. The van der Waals surface area contributed by atoms with Crippen LogP contribution in [0.2, 0.25) is 0 Å². The fourth-order valence-electron chi connectivity index (χ4n) is 2.91. The maximum absolute atomic E-state index is 12.7. The number of hydrogen-bond donors (Lipinski definition) is 2. The first-order valence-corrected chi connectivity index (χ1v) is 10.3. The smallest absolute Gasteiger partial charge is 0.332 e. The highest BCUT2D eigenvalue weighted by Crippen LogP contribution is 2.23. The van der Waals surface area contributed by atoms with Crippen molar-refractivity contribution in [2.24, 2.45) is 5.92 Å². The Morgan fingerprint density at radius 1 is 1.07 bits per heavy atom. The fourth-order valence-corrected chi connectivity index (χ4v) is 4.56. The van der Waals surface area contributed by atoms with Gasteiger partial charge in [0, 0.05) is 5.92 Å². The number of hydrogen-bond acceptors (Lipinski definition) is 5. The molecular formula is C20H24O6S. The van der Waals surface area contributed by atoms with Crippen molar-refractivity contribution in [2.45, 2.75) is 30.3 Å². The van der Waals surface area contributed by atoms with E-state index in [2.05, 4.69) is 0 Å². The van der Waals surface area contributed by atoms with Gasteiger partial charge in [-0.3, -0.25) is 0 Å². The van der Waals surface area contributed by atoms with Crippen LogP contribution in [0.5, 0.6) is 5.75 Å². The van der Waals surface area contributed by atoms with Crippen LogP contribution in [0, 0.1) is 5.92 Å². The molecule has 0 saturated heterocycles. The van der Waals surface area contributed by atoms with Gasteiger partial charge in [0.15, 0.2) is 15.9 Å². The third kappa shape index (κ3) is 6.08. The number of carboxylic acids is 1. The molecule has 146 valence electrons. The van der Waals surface area contributed by atoms with Gasteiger partial charge in [0.1, 0.15) is 5.75 Å². The first-order valence-electron chi connectivity index (χ1n) is 8.65. The molecule has 0 aliphatic heterocycles. The first kappa shape index (κ1) is 20.9. The number of sulfone groups is 1. The number of rotatable bonds is 10. The maximum atomic E-state index is 12.7. The molecule has 0 spiro atoms. The van der Waals surface area contributed by atoms with E-state index in [1.807, 2.05) is 30.3 Å². The second kappa shape index (κ2) is 9.53. The molecule has 0 amide bonds. The summed E-state index contributed by atoms with van der Waals surface area (Å²) in [5.41, 5.74) is 1.08. The van der Waals surface area contributed by atoms with Crippen molar-refractivity contribution in [3.63, 3.8) is 0 Å². The average molecular weight is 392 g/mol. The predicted octanol–water partition coefficient (Wildman–Crippen LogP) is 2.55. The normalized spacial score (nSPS) is 13.7. The molecule has 2 rings (SSSR count). The summed E-state index contributed by atoms with van der Waals surface area (Å²) in [6, 6.07) is 15.5. The van der Waals surface area contributed by atoms with E-state index in [4.69, 9.17) is 9.84 Å². The first-order chi connectivity index (χ1) is 12.8. The van der Waals surface area contributed by atoms with E-state index < -0.39 is 33.6 Å². The minimum atomic E-state index is -3.74. The molecule has 27 heavy (non-hydrogen) atoms. The van der Waals surface area contributed by atoms with Gasteiger partial charge >= 0.3 is 5.97 Å². The van der Waals surface area contributed by atoms with E-state index in [9.17, 15) is 18.3 Å². The summed E-state index contributed by atoms with van der Waals surface area (Å²) in [7, 11) is -2.26. The zero-order valence-corrected chi connectivity index (χ0v) is 15.9. The van der Waals surface area contributed by atoms with Gasteiger partial charge in [0.05, 0.1) is 17.8 Å². The lowest BCUT2D eigenvalue weighted by Crippen LogP contribution is -2.34. The number of aryl methyl sites for hydroxylation is 1. The van der Waals surface area contributed by atoms with Gasteiger partial charge in [-0.15, -0.1) is 0 Å². The zero-order chi connectivity index (χ0) is 19.9. The van der Waals surface area contributed by atoms with Crippen molar-refractivity contribution < 1.29 is 28.2 Å². The van der Waals surface area contributed by atoms with Crippen molar-refractivity contribution in [3.8, 4) is 5.75 Å². The Balaban J connectivity index is 2.09. The third-order valence-electron chi connectivity index (χ3n) is 4.43. The van der Waals surface area contributed by atoms with Crippen molar-refractivity contribution in [1.29, 1.82) is 0 Å². The van der Waals surface area contributed by atoms with Gasteiger partial charge in [-0.05, 0) is 49.1 Å². The van der Waals surface area contributed by atoms with E-state index in [1.165, 1.54) is 31.4 Å². The van der Waals surface area contributed by atoms with Gasteiger partial charge in [0.25, 0.3) is 0 Å². The highest BCUT2D eigenvalue weighted by atomic mass is 32.2. The quantitative estimate of drug-likeness (QED) is 0.644. The topological polar surface area (TPSA) is 101 Å². The summed E-state index contributed by atoms with van der Waals surface area (Å²) in [5, 5.41) is 19.1. The lowest BCUT2D eigenvalue weighted by atomic mass is 9.96. The zero-order valence-electron chi connectivity index (χ0n) is 15.1. The number of carbonyl (C=O) groups is 1. The van der Waals surface area contributed by atoms with Gasteiger partial charge in [-0.1, -0.05) is 30.3 Å². The standard InChI is InChI=1S/C20H24O6S/c1-26-17-10-12-18(13-11-17)27(24,25)14-16(19(21)20(22)23)9-5-8-15-6-3-2-4-7-15/h2-4,6-7,10-13,16,19,21H,5,8-9,14H2,1H3,(H,22,23). The Hall–Kier alpha value is -2.38. The largest absolute Gasteiger partial charge is 0.497 e. The Labute approximate surface area is 159 Å². The highest BCUT2D eigenvalue weighted by molar-refractivity contribution is 7.91. The van der Waals surface area contributed by atoms with Crippen LogP contribution < -0.4 is 4.74 Å². The Bertz CT molecular complexity index is 831. The van der Waals surface area contributed by atoms with Gasteiger partial charge in [-0.2, -0.15) is 0 Å². The van der Waals surface area contributed by atoms with E-state index >= 15 is 0 Å². The number of aliphatic hydroxyl groups is 1. The molecule has 2 N–H and O–H groups in total. The van der Waals surface area contributed by atoms with Gasteiger partial charge < -0.3 is 14.9 Å². The van der Waals surface area contributed by atoms with Crippen molar-refractivity contribution >= 4 is 15.8 Å². The van der Waals surface area contributed by atoms with Crippen LogP contribution in [-0.4, -0.2) is 43.6 Å². The molecule has 0 aliphatic carbocycles. The molecule has 2 aromatic carbocycles. The summed E-state index contributed by atoms with van der Waals surface area (Å²) in [6.07, 6.45) is -0.171. The molecule has 0 radical (unpaired) electrons. The molecule has 0 aromatic heterocycles. The summed E-state index contributed by atoms with van der Waals surface area (Å²) >= 11 is 0. The molecule has 6 nitrogen and oxygen atoms in total. The Morgan fingerprint density at radius 2 is 1.70 bits per heavy atom. The molecule has 0 fully saturated rings. The molecule has 0 heterocycles. The molecule has 0 saturated carbocycles. The molecule has 2 atom stereocenters. The minimum absolute atomic E-state index is 0.0777. The van der Waals surface area contributed by atoms with Crippen LogP contribution in [0.1, 0.15) is 18.4 Å². The molecular weight excluding hydrogens is 368 g/mol. The lowest BCUT2D eigenvalue weighted by molar-refractivity contribution is -0.149. The predicted molar refractivity (Wildman–Crippen MR) is 102 cm³/mol. The molecule has 0 bridgehead atoms. The van der Waals surface area contributed by atoms with E-state index in [1.54, 1.807) is 0 Å². The van der Waals surface area contributed by atoms with Gasteiger partial charge in [-0.25, -0.2) is 13.2 Å². The Morgan fingerprint density at radius 3 is 2.26 bits per heavy atom. The van der Waals surface area contributed by atoms with Crippen LogP contribution >= 0.6 is 0 Å². The number of aliphatic hydroxyl groups excluding tert-OH is 1. The lowest BCUT2D eigenvalue weighted by Gasteiger charge is -2.20. The summed E-state index contributed by atoms with van der Waals surface area (Å²) in [5.74, 6) is -2.21. The molecule has 2 unspecified atom stereocenters. The van der Waals surface area contributed by atoms with Crippen molar-refractivity contribution in [1.82, 2.24) is 0 Å². The summed E-state index contributed by atoms with van der Waals surface area (Å²) < 4.78 is 30.3. The van der Waals surface area contributed by atoms with Crippen LogP contribution in [0.15, 0.2) is 59.5 Å². The summed E-state index contributed by atoms with van der Waals surface area (Å²) in [6.45, 7) is 0. The molecule has 2 aromatic rings. The fraction of sp³-hybridized carbons (Fsp3) is 0.350. The van der Waals surface area contributed by atoms with E-state index in [0.29, 0.717) is 18.6 Å². The average Bonchev–Trinajstić information content (AvgIpc) is 2.67. The third-order valence-corrected chi connectivity index (χ3v) is 6.29. The second-order valence-corrected chi connectivity index (χ2v) is 8.41. The van der Waals surface area contributed by atoms with Crippen molar-refractivity contribution in [2.75, 3.05) is 12.9 Å². The SMILES string of the molecule is COc1ccc(S(=O)(=O)CC(CCCc2ccccc2)C(O)C(=O)O)cc1. The van der Waals surface area contributed by atoms with Crippen LogP contribution in [0.3, 0.4) is 0 Å². The number of methoxy groups -OCH3 is 1. The van der Waals surface area contributed by atoms with Crippen LogP contribution in [0.4, 0.5) is 0 Å². The monoisotopic (exact) mass is 392 g/mol. The van der Waals surface area contributed by atoms with E-state index in [0.717, 1.165) is 5.56 Å². The highest BCUT2D eigenvalue weighted by Gasteiger charge is 2.31. The number of carboxylic acid groups (broad SMARTS) is 1. The van der Waals surface area contributed by atoms with Crippen LogP contribution in [-0.2, 0) is 21.1 Å². The Kier molecular flexibility index (Phi) is 7.38. The van der Waals surface area contributed by atoms with Crippen molar-refractivity contribution in [3.05, 3.63) is 60.2 Å². The number of aliphatic carboxylic acids is 1. The second-order valence-electron chi connectivity index (χ2n) is 6.38.